The highest BCUT2D eigenvalue weighted by Crippen LogP contribution is 2.33. The minimum atomic E-state index is -0.547. The molecule has 3 aromatic rings. The zero-order chi connectivity index (χ0) is 24.1. The molecule has 1 amide bonds. The van der Waals surface area contributed by atoms with Crippen molar-refractivity contribution in [2.45, 2.75) is 33.1 Å². The van der Waals surface area contributed by atoms with E-state index in [-0.39, 0.29) is 11.5 Å². The molecule has 0 saturated carbocycles. The third kappa shape index (κ3) is 5.07. The summed E-state index contributed by atoms with van der Waals surface area (Å²) in [5, 5.41) is 0. The van der Waals surface area contributed by atoms with Gasteiger partial charge in [0.25, 0.3) is 5.91 Å². The first kappa shape index (κ1) is 23.8. The predicted octanol–water partition coefficient (Wildman–Crippen LogP) is 4.05. The van der Waals surface area contributed by atoms with Crippen LogP contribution in [0.5, 0.6) is 0 Å². The molecule has 0 spiro atoms. The number of unbranched alkanes of at least 4 members (excludes halogenated alkanes) is 1. The van der Waals surface area contributed by atoms with Crippen molar-refractivity contribution in [2.24, 2.45) is 0 Å². The van der Waals surface area contributed by atoms with E-state index in [1.54, 1.807) is 29.3 Å². The summed E-state index contributed by atoms with van der Waals surface area (Å²) in [5.41, 5.74) is 9.45. The molecule has 0 radical (unpaired) electrons. The van der Waals surface area contributed by atoms with Crippen molar-refractivity contribution in [3.8, 4) is 22.4 Å². The highest BCUT2D eigenvalue weighted by atomic mass is 19.1. The van der Waals surface area contributed by atoms with Crippen LogP contribution in [0.1, 0.15) is 42.7 Å². The Bertz CT molecular complexity index is 1140. The van der Waals surface area contributed by atoms with E-state index in [1.807, 2.05) is 13.0 Å². The number of rotatable bonds is 7. The van der Waals surface area contributed by atoms with Crippen molar-refractivity contribution >= 4 is 11.7 Å². The fourth-order valence-electron chi connectivity index (χ4n) is 4.33. The Labute approximate surface area is 199 Å². The van der Waals surface area contributed by atoms with Crippen LogP contribution in [0.3, 0.4) is 0 Å². The molecule has 1 saturated heterocycles. The van der Waals surface area contributed by atoms with Gasteiger partial charge in [-0.1, -0.05) is 26.3 Å². The lowest BCUT2D eigenvalue weighted by atomic mass is 9.96. The number of piperazine rings is 1. The monoisotopic (exact) mass is 462 g/mol. The lowest BCUT2D eigenvalue weighted by Gasteiger charge is -2.34. The Hall–Kier alpha value is -3.39. The zero-order valence-corrected chi connectivity index (χ0v) is 19.8. The van der Waals surface area contributed by atoms with Gasteiger partial charge >= 0.3 is 0 Å². The number of anilines is 1. The van der Waals surface area contributed by atoms with Crippen LogP contribution in [0.15, 0.2) is 42.9 Å². The topological polar surface area (TPSA) is 88.2 Å². The molecule has 34 heavy (non-hydrogen) atoms. The van der Waals surface area contributed by atoms with Crippen LogP contribution in [0, 0.1) is 5.82 Å². The SMILES string of the molecule is CCCCN1CCN(C(=O)c2ccc(-c3ncnc(CC)c3-c3ccc(N)nc3)cc2F)CC1. The van der Waals surface area contributed by atoms with E-state index < -0.39 is 5.82 Å². The number of carbonyl (C=O) groups excluding carboxylic acids is 1. The number of aryl methyl sites for hydroxylation is 1. The molecule has 2 N–H and O–H groups in total. The summed E-state index contributed by atoms with van der Waals surface area (Å²) >= 11 is 0. The number of nitrogen functional groups attached to an aromatic ring is 1. The molecule has 1 aromatic carbocycles. The molecule has 1 fully saturated rings. The molecular weight excluding hydrogens is 431 g/mol. The lowest BCUT2D eigenvalue weighted by molar-refractivity contribution is 0.0631. The summed E-state index contributed by atoms with van der Waals surface area (Å²) in [6, 6.07) is 8.29. The molecule has 8 heteroatoms. The molecule has 3 heterocycles. The zero-order valence-electron chi connectivity index (χ0n) is 19.8. The van der Waals surface area contributed by atoms with Crippen molar-refractivity contribution in [3.05, 3.63) is 59.9 Å². The van der Waals surface area contributed by atoms with Gasteiger partial charge in [0.1, 0.15) is 18.0 Å². The van der Waals surface area contributed by atoms with E-state index in [0.29, 0.717) is 36.6 Å². The minimum Gasteiger partial charge on any atom is -0.384 e. The average molecular weight is 463 g/mol. The third-order valence-corrected chi connectivity index (χ3v) is 6.30. The van der Waals surface area contributed by atoms with Gasteiger partial charge in [-0.3, -0.25) is 9.69 Å². The van der Waals surface area contributed by atoms with Crippen molar-refractivity contribution < 1.29 is 9.18 Å². The highest BCUT2D eigenvalue weighted by Gasteiger charge is 2.25. The lowest BCUT2D eigenvalue weighted by Crippen LogP contribution is -2.49. The van der Waals surface area contributed by atoms with Crippen LogP contribution in [0.2, 0.25) is 0 Å². The number of nitrogens with zero attached hydrogens (tertiary/aromatic N) is 5. The second-order valence-electron chi connectivity index (χ2n) is 8.55. The molecule has 4 rings (SSSR count). The van der Waals surface area contributed by atoms with Crippen molar-refractivity contribution in [1.82, 2.24) is 24.8 Å². The van der Waals surface area contributed by atoms with Gasteiger partial charge < -0.3 is 10.6 Å². The number of benzene rings is 1. The van der Waals surface area contributed by atoms with Gasteiger partial charge in [0.15, 0.2) is 0 Å². The van der Waals surface area contributed by atoms with Crippen LogP contribution in [0.25, 0.3) is 22.4 Å². The van der Waals surface area contributed by atoms with Crippen molar-refractivity contribution in [1.29, 1.82) is 0 Å². The van der Waals surface area contributed by atoms with E-state index in [2.05, 4.69) is 26.8 Å². The van der Waals surface area contributed by atoms with Crippen LogP contribution in [0.4, 0.5) is 10.2 Å². The quantitative estimate of drug-likeness (QED) is 0.570. The normalized spacial score (nSPS) is 14.4. The van der Waals surface area contributed by atoms with E-state index in [9.17, 15) is 4.79 Å². The summed E-state index contributed by atoms with van der Waals surface area (Å²) in [6.07, 6.45) is 6.14. The van der Waals surface area contributed by atoms with Gasteiger partial charge in [-0.25, -0.2) is 19.3 Å². The predicted molar refractivity (Wildman–Crippen MR) is 132 cm³/mol. The second-order valence-corrected chi connectivity index (χ2v) is 8.55. The maximum Gasteiger partial charge on any atom is 0.256 e. The van der Waals surface area contributed by atoms with E-state index in [1.165, 1.54) is 12.4 Å². The first-order valence-corrected chi connectivity index (χ1v) is 11.9. The van der Waals surface area contributed by atoms with E-state index in [0.717, 1.165) is 49.3 Å². The van der Waals surface area contributed by atoms with Gasteiger partial charge in [0.05, 0.1) is 17.0 Å². The van der Waals surface area contributed by atoms with E-state index in [4.69, 9.17) is 5.73 Å². The molecule has 1 aliphatic rings. The third-order valence-electron chi connectivity index (χ3n) is 6.30. The summed E-state index contributed by atoms with van der Waals surface area (Å²) in [4.78, 5) is 30.2. The summed E-state index contributed by atoms with van der Waals surface area (Å²) < 4.78 is 15.2. The number of hydrogen-bond acceptors (Lipinski definition) is 6. The number of nitrogens with two attached hydrogens (primary N) is 1. The van der Waals surface area contributed by atoms with Gasteiger partial charge in [0, 0.05) is 49.1 Å². The second kappa shape index (κ2) is 10.7. The molecular formula is C26H31FN6O. The fourth-order valence-corrected chi connectivity index (χ4v) is 4.33. The Morgan fingerprint density at radius 2 is 1.79 bits per heavy atom. The summed E-state index contributed by atoms with van der Waals surface area (Å²) in [7, 11) is 0. The number of pyridine rings is 1. The number of halogens is 1. The van der Waals surface area contributed by atoms with Crippen molar-refractivity contribution in [3.63, 3.8) is 0 Å². The summed E-state index contributed by atoms with van der Waals surface area (Å²) in [6.45, 7) is 8.10. The van der Waals surface area contributed by atoms with Gasteiger partial charge in [-0.2, -0.15) is 0 Å². The maximum absolute atomic E-state index is 15.2. The summed E-state index contributed by atoms with van der Waals surface area (Å²) in [5.74, 6) is -0.395. The fraction of sp³-hybridized carbons (Fsp3) is 0.385. The van der Waals surface area contributed by atoms with Crippen LogP contribution in [-0.4, -0.2) is 63.4 Å². The first-order valence-electron chi connectivity index (χ1n) is 11.9. The molecule has 178 valence electrons. The van der Waals surface area contributed by atoms with Gasteiger partial charge in [-0.15, -0.1) is 0 Å². The smallest absolute Gasteiger partial charge is 0.256 e. The number of hydrogen-bond donors (Lipinski definition) is 1. The van der Waals surface area contributed by atoms with E-state index >= 15 is 4.39 Å². The highest BCUT2D eigenvalue weighted by molar-refractivity contribution is 5.95. The number of aromatic nitrogens is 3. The molecule has 0 atom stereocenters. The molecule has 0 aliphatic carbocycles. The molecule has 1 aliphatic heterocycles. The Kier molecular flexibility index (Phi) is 7.47. The van der Waals surface area contributed by atoms with Gasteiger partial charge in [-0.05, 0) is 43.7 Å². The Morgan fingerprint density at radius 1 is 1.03 bits per heavy atom. The maximum atomic E-state index is 15.2. The van der Waals surface area contributed by atoms with Crippen LogP contribution >= 0.6 is 0 Å². The number of amides is 1. The first-order chi connectivity index (χ1) is 16.5. The largest absolute Gasteiger partial charge is 0.384 e. The molecule has 2 aromatic heterocycles. The number of carbonyl (C=O) groups is 1. The van der Waals surface area contributed by atoms with Crippen molar-refractivity contribution in [2.75, 3.05) is 38.5 Å². The Morgan fingerprint density at radius 3 is 2.44 bits per heavy atom. The Balaban J connectivity index is 1.60. The van der Waals surface area contributed by atoms with Crippen LogP contribution in [-0.2, 0) is 6.42 Å². The minimum absolute atomic E-state index is 0.0891. The standard InChI is InChI=1S/C26H31FN6O/c1-3-5-10-32-11-13-33(14-12-32)26(34)20-8-6-18(15-21(20)27)25-24(22(4-2)30-17-31-25)19-7-9-23(28)29-16-19/h6-9,15-17H,3-5,10-14H2,1-2H3,(H2,28,29). The molecule has 7 nitrogen and oxygen atoms in total. The van der Waals surface area contributed by atoms with Gasteiger partial charge in [0.2, 0.25) is 0 Å². The average Bonchev–Trinajstić information content (AvgIpc) is 2.87. The molecule has 0 bridgehead atoms. The van der Waals surface area contributed by atoms with Crippen LogP contribution < -0.4 is 5.73 Å². The molecule has 0 unspecified atom stereocenters.